The third-order valence-electron chi connectivity index (χ3n) is 3.04. The van der Waals surface area contributed by atoms with Gasteiger partial charge in [0.15, 0.2) is 0 Å². The molecule has 0 saturated carbocycles. The first-order valence-electron chi connectivity index (χ1n) is 6.60. The first kappa shape index (κ1) is 17.3. The molecule has 1 aromatic rings. The number of carbonyl (C=O) groups excluding carboxylic acids is 2. The van der Waals surface area contributed by atoms with Gasteiger partial charge in [-0.15, -0.1) is 0 Å². The lowest BCUT2D eigenvalue weighted by molar-refractivity contribution is -0.124. The molecule has 0 aliphatic carbocycles. The highest BCUT2D eigenvalue weighted by Crippen LogP contribution is 2.19. The number of amides is 1. The fourth-order valence-corrected chi connectivity index (χ4v) is 3.98. The van der Waals surface area contributed by atoms with Crippen molar-refractivity contribution < 1.29 is 18.0 Å². The summed E-state index contributed by atoms with van der Waals surface area (Å²) in [5.74, 6) is 0.354. The highest BCUT2D eigenvalue weighted by atomic mass is 35.5. The number of nitrogens with one attached hydrogen (secondary N) is 2. The minimum absolute atomic E-state index is 0.0265. The lowest BCUT2D eigenvalue weighted by Gasteiger charge is -2.10. The molecule has 22 heavy (non-hydrogen) atoms. The van der Waals surface area contributed by atoms with E-state index in [2.05, 4.69) is 10.0 Å². The van der Waals surface area contributed by atoms with Crippen LogP contribution in [-0.4, -0.2) is 37.8 Å². The van der Waals surface area contributed by atoms with E-state index in [4.69, 9.17) is 11.6 Å². The number of halogens is 1. The van der Waals surface area contributed by atoms with Crippen LogP contribution in [0.5, 0.6) is 0 Å². The Morgan fingerprint density at radius 1 is 1.32 bits per heavy atom. The Morgan fingerprint density at radius 2 is 2.00 bits per heavy atom. The molecule has 2 N–H and O–H groups in total. The van der Waals surface area contributed by atoms with Crippen LogP contribution < -0.4 is 10.0 Å². The van der Waals surface area contributed by atoms with Crippen molar-refractivity contribution in [1.29, 1.82) is 0 Å². The van der Waals surface area contributed by atoms with Crippen LogP contribution in [0.15, 0.2) is 29.2 Å². The minimum Gasteiger partial charge on any atom is -0.345 e. The van der Waals surface area contributed by atoms with E-state index in [0.29, 0.717) is 17.2 Å². The molecule has 1 heterocycles. The van der Waals surface area contributed by atoms with Crippen molar-refractivity contribution in [3.63, 3.8) is 0 Å². The maximum Gasteiger partial charge on any atom is 0.240 e. The van der Waals surface area contributed by atoms with Crippen LogP contribution in [0, 0.1) is 0 Å². The molecule has 0 radical (unpaired) electrons. The van der Waals surface area contributed by atoms with Crippen LogP contribution in [0.25, 0.3) is 0 Å². The van der Waals surface area contributed by atoms with Gasteiger partial charge >= 0.3 is 0 Å². The van der Waals surface area contributed by atoms with E-state index in [1.165, 1.54) is 36.0 Å². The summed E-state index contributed by atoms with van der Waals surface area (Å²) in [6.45, 7) is -0.0369. The van der Waals surface area contributed by atoms with Gasteiger partial charge in [0.05, 0.1) is 10.9 Å². The second kappa shape index (κ2) is 7.45. The Balaban J connectivity index is 1.81. The van der Waals surface area contributed by atoms with E-state index in [9.17, 15) is 18.0 Å². The molecule has 0 bridgehead atoms. The number of benzene rings is 1. The van der Waals surface area contributed by atoms with E-state index in [-0.39, 0.29) is 28.9 Å². The zero-order chi connectivity index (χ0) is 16.2. The predicted molar refractivity (Wildman–Crippen MR) is 85.3 cm³/mol. The van der Waals surface area contributed by atoms with Crippen LogP contribution in [-0.2, 0) is 19.6 Å². The molecule has 0 aromatic heterocycles. The molecule has 1 aliphatic rings. The highest BCUT2D eigenvalue weighted by molar-refractivity contribution is 8.14. The summed E-state index contributed by atoms with van der Waals surface area (Å²) in [4.78, 5) is 23.2. The zero-order valence-electron chi connectivity index (χ0n) is 11.5. The summed E-state index contributed by atoms with van der Waals surface area (Å²) in [5.41, 5.74) is 0. The quantitative estimate of drug-likeness (QED) is 0.792. The second-order valence-electron chi connectivity index (χ2n) is 4.68. The summed E-state index contributed by atoms with van der Waals surface area (Å²) in [6.07, 6.45) is 0.590. The number of thioether (sulfide) groups is 1. The predicted octanol–water partition coefficient (Wildman–Crippen LogP) is 1.16. The van der Waals surface area contributed by atoms with Crippen LogP contribution in [0.3, 0.4) is 0 Å². The smallest absolute Gasteiger partial charge is 0.240 e. The van der Waals surface area contributed by atoms with Crippen LogP contribution in [0.1, 0.15) is 12.8 Å². The fraction of sp³-hybridized carbons (Fsp3) is 0.385. The van der Waals surface area contributed by atoms with Crippen LogP contribution in [0.4, 0.5) is 0 Å². The highest BCUT2D eigenvalue weighted by Gasteiger charge is 2.26. The lowest BCUT2D eigenvalue weighted by atomic mass is 10.2. The largest absolute Gasteiger partial charge is 0.345 e. The second-order valence-corrected chi connectivity index (χ2v) is 7.98. The van der Waals surface area contributed by atoms with Gasteiger partial charge in [0.1, 0.15) is 0 Å². The molecule has 2 rings (SSSR count). The van der Waals surface area contributed by atoms with E-state index in [0.717, 1.165) is 0 Å². The van der Waals surface area contributed by atoms with Crippen molar-refractivity contribution in [3.8, 4) is 0 Å². The number of sulfonamides is 1. The summed E-state index contributed by atoms with van der Waals surface area (Å²) in [5, 5.41) is 3.00. The molecule has 1 atom stereocenters. The van der Waals surface area contributed by atoms with Gasteiger partial charge in [0.2, 0.25) is 21.0 Å². The standard InChI is InChI=1S/C13H15ClN2O4S2/c14-9-1-3-10(4-2-9)22(19,20)15-7-5-12(17)16-11-6-8-21-13(11)18/h1-4,11,15H,5-8H2,(H,16,17). The van der Waals surface area contributed by atoms with Crippen molar-refractivity contribution in [2.45, 2.75) is 23.8 Å². The summed E-state index contributed by atoms with van der Waals surface area (Å²) < 4.78 is 26.3. The monoisotopic (exact) mass is 362 g/mol. The molecule has 1 saturated heterocycles. The Kier molecular flexibility index (Phi) is 5.85. The molecule has 1 unspecified atom stereocenters. The maximum absolute atomic E-state index is 12.0. The van der Waals surface area contributed by atoms with Gasteiger partial charge in [-0.05, 0) is 30.7 Å². The van der Waals surface area contributed by atoms with Gasteiger partial charge in [-0.3, -0.25) is 9.59 Å². The molecule has 0 spiro atoms. The molecule has 1 fully saturated rings. The number of carbonyl (C=O) groups is 2. The Bertz CT molecular complexity index is 661. The normalized spacial score (nSPS) is 18.4. The van der Waals surface area contributed by atoms with Crippen molar-refractivity contribution in [2.24, 2.45) is 0 Å². The molecule has 120 valence electrons. The molecule has 1 aromatic carbocycles. The van der Waals surface area contributed by atoms with Crippen molar-refractivity contribution >= 4 is 44.4 Å². The van der Waals surface area contributed by atoms with Gasteiger partial charge in [-0.1, -0.05) is 23.4 Å². The third-order valence-corrected chi connectivity index (χ3v) is 5.78. The van der Waals surface area contributed by atoms with Gasteiger partial charge in [0, 0.05) is 23.7 Å². The Labute approximate surface area is 138 Å². The first-order valence-corrected chi connectivity index (χ1v) is 9.44. The summed E-state index contributed by atoms with van der Waals surface area (Å²) in [6, 6.07) is 5.28. The maximum atomic E-state index is 12.0. The molecular formula is C13H15ClN2O4S2. The molecule has 1 aliphatic heterocycles. The van der Waals surface area contributed by atoms with Crippen molar-refractivity contribution in [3.05, 3.63) is 29.3 Å². The average molecular weight is 363 g/mol. The van der Waals surface area contributed by atoms with Crippen molar-refractivity contribution in [2.75, 3.05) is 12.3 Å². The number of rotatable bonds is 6. The van der Waals surface area contributed by atoms with E-state index < -0.39 is 16.1 Å². The summed E-state index contributed by atoms with van der Waals surface area (Å²) in [7, 11) is -3.67. The van der Waals surface area contributed by atoms with E-state index in [1.54, 1.807) is 0 Å². The SMILES string of the molecule is O=C(CCNS(=O)(=O)c1ccc(Cl)cc1)NC1CCSC1=O. The zero-order valence-corrected chi connectivity index (χ0v) is 13.9. The third kappa shape index (κ3) is 4.70. The van der Waals surface area contributed by atoms with Gasteiger partial charge < -0.3 is 5.32 Å². The summed E-state index contributed by atoms with van der Waals surface area (Å²) >= 11 is 6.90. The van der Waals surface area contributed by atoms with E-state index in [1.807, 2.05) is 0 Å². The topological polar surface area (TPSA) is 92.3 Å². The number of hydrogen-bond donors (Lipinski definition) is 2. The molecular weight excluding hydrogens is 348 g/mol. The molecule has 1 amide bonds. The lowest BCUT2D eigenvalue weighted by Crippen LogP contribution is -2.38. The van der Waals surface area contributed by atoms with Gasteiger partial charge in [0.25, 0.3) is 0 Å². The number of hydrogen-bond acceptors (Lipinski definition) is 5. The Hall–Kier alpha value is -1.09. The van der Waals surface area contributed by atoms with Crippen LogP contribution >= 0.6 is 23.4 Å². The fourth-order valence-electron chi connectivity index (χ4n) is 1.89. The van der Waals surface area contributed by atoms with Crippen molar-refractivity contribution in [1.82, 2.24) is 10.0 Å². The Morgan fingerprint density at radius 3 is 2.59 bits per heavy atom. The van der Waals surface area contributed by atoms with Gasteiger partial charge in [-0.25, -0.2) is 13.1 Å². The van der Waals surface area contributed by atoms with Crippen LogP contribution in [0.2, 0.25) is 5.02 Å². The molecule has 6 nitrogen and oxygen atoms in total. The van der Waals surface area contributed by atoms with E-state index >= 15 is 0 Å². The molecule has 9 heteroatoms. The van der Waals surface area contributed by atoms with Gasteiger partial charge in [-0.2, -0.15) is 0 Å². The first-order chi connectivity index (χ1) is 10.4. The minimum atomic E-state index is -3.67. The average Bonchev–Trinajstić information content (AvgIpc) is 2.84.